The molecule has 2 aromatic heterocycles. The van der Waals surface area contributed by atoms with Gasteiger partial charge in [0, 0.05) is 22.3 Å². The quantitative estimate of drug-likeness (QED) is 0.199. The number of allylic oxidation sites excluding steroid dienone is 7. The summed E-state index contributed by atoms with van der Waals surface area (Å²) in [5, 5.41) is 38.7. The SMILES string of the molecule is CC1CC=CC2=C1C(=C(C#N)C#N)c1nc3cc4nc5c(nc4cc3nc12)C(=C(C#N)C#N)c1ccccc1-5. The van der Waals surface area contributed by atoms with Crippen molar-refractivity contribution in [3.63, 3.8) is 0 Å². The number of fused-ring (bicyclic) bond motifs is 7. The second-order valence-electron chi connectivity index (χ2n) is 9.53. The third kappa shape index (κ3) is 2.95. The second-order valence-corrected chi connectivity index (χ2v) is 9.53. The van der Waals surface area contributed by atoms with Crippen LogP contribution >= 0.6 is 0 Å². The normalized spacial score (nSPS) is 16.1. The topological polar surface area (TPSA) is 147 Å². The summed E-state index contributed by atoms with van der Waals surface area (Å²) in [4.78, 5) is 19.6. The smallest absolute Gasteiger partial charge is 0.139 e. The standard InChI is InChI=1S/C31H14N8/c1-15-5-4-8-20-25(15)27(17(13-34)14-35)31-29(20)37-22-10-23-21(9-24(22)39-31)36-28-19-7-3-2-6-18(19)26(30(28)38-23)16(11-32)12-33/h2-4,6-10,15H,5H2,1H3. The fraction of sp³-hybridized carbons (Fsp3) is 0.0968. The molecule has 0 bridgehead atoms. The molecule has 2 heterocycles. The Balaban J connectivity index is 1.53. The Kier molecular flexibility index (Phi) is 4.58. The minimum Gasteiger partial charge on any atom is -0.244 e. The molecule has 7 rings (SSSR count). The highest BCUT2D eigenvalue weighted by Gasteiger charge is 2.35. The van der Waals surface area contributed by atoms with Crippen LogP contribution in [-0.2, 0) is 0 Å². The minimum atomic E-state index is -0.0176. The van der Waals surface area contributed by atoms with Gasteiger partial charge in [-0.1, -0.05) is 43.3 Å². The van der Waals surface area contributed by atoms with Crippen molar-refractivity contribution in [3.05, 3.63) is 87.9 Å². The molecular weight excluding hydrogens is 484 g/mol. The van der Waals surface area contributed by atoms with Crippen LogP contribution in [0.3, 0.4) is 0 Å². The van der Waals surface area contributed by atoms with Gasteiger partial charge in [0.1, 0.15) is 35.4 Å². The summed E-state index contributed by atoms with van der Waals surface area (Å²) >= 11 is 0. The third-order valence-electron chi connectivity index (χ3n) is 7.40. The fourth-order valence-corrected chi connectivity index (χ4v) is 5.72. The first-order valence-electron chi connectivity index (χ1n) is 12.2. The van der Waals surface area contributed by atoms with Crippen LogP contribution in [0.4, 0.5) is 0 Å². The molecule has 0 radical (unpaired) electrons. The lowest BCUT2D eigenvalue weighted by Gasteiger charge is -2.17. The van der Waals surface area contributed by atoms with E-state index in [1.165, 1.54) is 0 Å². The first kappa shape index (κ1) is 22.3. The van der Waals surface area contributed by atoms with Crippen molar-refractivity contribution in [2.45, 2.75) is 13.3 Å². The Morgan fingerprint density at radius 2 is 1.21 bits per heavy atom. The molecule has 0 aliphatic heterocycles. The Bertz CT molecular complexity index is 2120. The van der Waals surface area contributed by atoms with Crippen molar-refractivity contribution in [1.82, 2.24) is 19.9 Å². The molecule has 1 atom stereocenters. The Labute approximate surface area is 222 Å². The molecule has 3 aliphatic carbocycles. The van der Waals surface area contributed by atoms with Crippen LogP contribution in [0.5, 0.6) is 0 Å². The molecule has 39 heavy (non-hydrogen) atoms. The summed E-state index contributed by atoms with van der Waals surface area (Å²) in [5.41, 5.74) is 8.93. The first-order valence-corrected chi connectivity index (χ1v) is 12.2. The van der Waals surface area contributed by atoms with Gasteiger partial charge in [-0.3, -0.25) is 0 Å². The number of benzene rings is 2. The number of nitriles is 4. The Morgan fingerprint density at radius 1 is 0.692 bits per heavy atom. The summed E-state index contributed by atoms with van der Waals surface area (Å²) in [7, 11) is 0. The zero-order valence-corrected chi connectivity index (χ0v) is 20.5. The van der Waals surface area contributed by atoms with E-state index in [0.717, 1.165) is 28.7 Å². The van der Waals surface area contributed by atoms with Crippen molar-refractivity contribution < 1.29 is 0 Å². The fourth-order valence-electron chi connectivity index (χ4n) is 5.72. The number of rotatable bonds is 0. The average molecular weight is 499 g/mol. The van der Waals surface area contributed by atoms with E-state index in [-0.39, 0.29) is 17.1 Å². The summed E-state index contributed by atoms with van der Waals surface area (Å²) in [6, 6.07) is 19.2. The Morgan fingerprint density at radius 3 is 1.82 bits per heavy atom. The molecule has 0 amide bonds. The van der Waals surface area contributed by atoms with E-state index in [1.54, 1.807) is 12.1 Å². The summed E-state index contributed by atoms with van der Waals surface area (Å²) in [6.07, 6.45) is 4.86. The number of hydrogen-bond acceptors (Lipinski definition) is 8. The summed E-state index contributed by atoms with van der Waals surface area (Å²) < 4.78 is 0. The number of hydrogen-bond donors (Lipinski definition) is 0. The van der Waals surface area contributed by atoms with Gasteiger partial charge in [0.25, 0.3) is 0 Å². The predicted octanol–water partition coefficient (Wildman–Crippen LogP) is 5.57. The maximum atomic E-state index is 9.73. The molecule has 178 valence electrons. The highest BCUT2D eigenvalue weighted by atomic mass is 14.9. The molecule has 4 aromatic rings. The van der Waals surface area contributed by atoms with Gasteiger partial charge in [0.2, 0.25) is 0 Å². The van der Waals surface area contributed by atoms with Crippen LogP contribution in [-0.4, -0.2) is 19.9 Å². The lowest BCUT2D eigenvalue weighted by Crippen LogP contribution is -2.04. The molecular formula is C31H14N8. The van der Waals surface area contributed by atoms with Gasteiger partial charge in [-0.05, 0) is 35.6 Å². The van der Waals surface area contributed by atoms with Gasteiger partial charge < -0.3 is 0 Å². The third-order valence-corrected chi connectivity index (χ3v) is 7.40. The lowest BCUT2D eigenvalue weighted by atomic mass is 9.85. The predicted molar refractivity (Wildman–Crippen MR) is 143 cm³/mol. The van der Waals surface area contributed by atoms with Crippen LogP contribution < -0.4 is 0 Å². The van der Waals surface area contributed by atoms with E-state index in [1.807, 2.05) is 54.6 Å². The van der Waals surface area contributed by atoms with Gasteiger partial charge in [-0.2, -0.15) is 21.0 Å². The molecule has 0 saturated heterocycles. The average Bonchev–Trinajstić information content (AvgIpc) is 3.44. The van der Waals surface area contributed by atoms with Crippen molar-refractivity contribution in [2.75, 3.05) is 0 Å². The lowest BCUT2D eigenvalue weighted by molar-refractivity contribution is 0.714. The second kappa shape index (κ2) is 8.02. The van der Waals surface area contributed by atoms with Crippen molar-refractivity contribution in [2.24, 2.45) is 5.92 Å². The van der Waals surface area contributed by atoms with Gasteiger partial charge in [0.05, 0.1) is 44.8 Å². The summed E-state index contributed by atoms with van der Waals surface area (Å²) in [5.74, 6) is 0.112. The molecule has 8 nitrogen and oxygen atoms in total. The van der Waals surface area contributed by atoms with E-state index in [0.29, 0.717) is 56.0 Å². The maximum absolute atomic E-state index is 9.73. The van der Waals surface area contributed by atoms with E-state index in [4.69, 9.17) is 19.9 Å². The molecule has 3 aliphatic rings. The minimum absolute atomic E-state index is 0.0176. The van der Waals surface area contributed by atoms with Crippen LogP contribution in [0.15, 0.2) is 65.3 Å². The van der Waals surface area contributed by atoms with E-state index in [2.05, 4.69) is 13.0 Å². The van der Waals surface area contributed by atoms with Gasteiger partial charge >= 0.3 is 0 Å². The van der Waals surface area contributed by atoms with E-state index >= 15 is 0 Å². The van der Waals surface area contributed by atoms with Crippen molar-refractivity contribution in [1.29, 1.82) is 21.0 Å². The molecule has 8 heteroatoms. The molecule has 0 N–H and O–H groups in total. The van der Waals surface area contributed by atoms with Crippen LogP contribution in [0.2, 0.25) is 0 Å². The maximum Gasteiger partial charge on any atom is 0.139 e. The molecule has 1 unspecified atom stereocenters. The first-order chi connectivity index (χ1) is 19.1. The van der Waals surface area contributed by atoms with Gasteiger partial charge in [-0.25, -0.2) is 19.9 Å². The zero-order chi connectivity index (χ0) is 26.8. The van der Waals surface area contributed by atoms with Crippen molar-refractivity contribution in [3.8, 4) is 35.5 Å². The van der Waals surface area contributed by atoms with Crippen molar-refractivity contribution >= 4 is 38.8 Å². The zero-order valence-electron chi connectivity index (χ0n) is 20.5. The Hall–Kier alpha value is -5.96. The molecule has 2 aromatic carbocycles. The highest BCUT2D eigenvalue weighted by Crippen LogP contribution is 2.49. The molecule has 0 fully saturated rings. The number of nitrogens with zero attached hydrogens (tertiary/aromatic N) is 8. The molecule has 0 spiro atoms. The number of aromatic nitrogens is 4. The van der Waals surface area contributed by atoms with Crippen LogP contribution in [0.25, 0.3) is 50.0 Å². The van der Waals surface area contributed by atoms with E-state index in [9.17, 15) is 21.0 Å². The van der Waals surface area contributed by atoms with Crippen LogP contribution in [0, 0.1) is 51.2 Å². The van der Waals surface area contributed by atoms with Gasteiger partial charge in [-0.15, -0.1) is 0 Å². The van der Waals surface area contributed by atoms with Crippen LogP contribution in [0.1, 0.15) is 36.0 Å². The summed E-state index contributed by atoms with van der Waals surface area (Å²) in [6.45, 7) is 2.07. The van der Waals surface area contributed by atoms with Gasteiger partial charge in [0.15, 0.2) is 0 Å². The molecule has 0 saturated carbocycles. The highest BCUT2D eigenvalue weighted by molar-refractivity contribution is 6.07. The van der Waals surface area contributed by atoms with E-state index < -0.39 is 0 Å². The monoisotopic (exact) mass is 498 g/mol. The largest absolute Gasteiger partial charge is 0.244 e.